The van der Waals surface area contributed by atoms with Crippen molar-refractivity contribution in [3.8, 4) is 17.2 Å². The minimum atomic E-state index is 0. The molecule has 30 heavy (non-hydrogen) atoms. The van der Waals surface area contributed by atoms with Crippen molar-refractivity contribution >= 4 is 29.9 Å². The Morgan fingerprint density at radius 1 is 1.20 bits per heavy atom. The number of aliphatic imine (C=N–C) groups is 1. The van der Waals surface area contributed by atoms with Crippen LogP contribution >= 0.6 is 24.0 Å². The minimum Gasteiger partial charge on any atom is -0.496 e. The Balaban J connectivity index is 0.00000320. The van der Waals surface area contributed by atoms with Gasteiger partial charge in [0.25, 0.3) is 0 Å². The third-order valence-corrected chi connectivity index (χ3v) is 5.00. The number of fused-ring (bicyclic) bond motifs is 1. The smallest absolute Gasteiger partial charge is 0.191 e. The highest BCUT2D eigenvalue weighted by Gasteiger charge is 2.24. The Hall–Kier alpha value is -2.24. The number of guanidine groups is 1. The molecule has 0 saturated carbocycles. The first kappa shape index (κ1) is 24.0. The lowest BCUT2D eigenvalue weighted by Gasteiger charge is -2.25. The van der Waals surface area contributed by atoms with Gasteiger partial charge in [0, 0.05) is 37.8 Å². The average Bonchev–Trinajstić information content (AvgIpc) is 3.13. The average molecular weight is 530 g/mol. The maximum Gasteiger partial charge on any atom is 0.191 e. The molecule has 2 heterocycles. The Morgan fingerprint density at radius 2 is 1.90 bits per heavy atom. The van der Waals surface area contributed by atoms with Crippen LogP contribution in [0.15, 0.2) is 17.1 Å². The van der Waals surface area contributed by atoms with Gasteiger partial charge in [0.2, 0.25) is 0 Å². The van der Waals surface area contributed by atoms with E-state index in [-0.39, 0.29) is 30.0 Å². The molecule has 1 aromatic carbocycles. The maximum atomic E-state index is 5.53. The van der Waals surface area contributed by atoms with E-state index in [2.05, 4.69) is 25.7 Å². The number of hydrogen-bond acceptors (Lipinski definition) is 6. The van der Waals surface area contributed by atoms with Gasteiger partial charge in [-0.15, -0.1) is 24.0 Å². The molecule has 166 valence electrons. The number of halogens is 1. The van der Waals surface area contributed by atoms with Gasteiger partial charge in [-0.2, -0.15) is 5.10 Å². The van der Waals surface area contributed by atoms with Crippen LogP contribution in [-0.2, 0) is 13.0 Å². The van der Waals surface area contributed by atoms with Crippen molar-refractivity contribution in [3.63, 3.8) is 0 Å². The molecule has 0 aliphatic carbocycles. The van der Waals surface area contributed by atoms with Crippen LogP contribution < -0.4 is 24.8 Å². The normalized spacial score (nSPS) is 15.6. The number of ether oxygens (including phenoxy) is 3. The largest absolute Gasteiger partial charge is 0.496 e. The molecule has 1 aromatic heterocycles. The van der Waals surface area contributed by atoms with Crippen molar-refractivity contribution < 1.29 is 14.2 Å². The van der Waals surface area contributed by atoms with E-state index in [1.54, 1.807) is 28.4 Å². The highest BCUT2D eigenvalue weighted by Crippen LogP contribution is 2.34. The molecule has 0 spiro atoms. The Bertz CT molecular complexity index is 845. The number of nitrogens with one attached hydrogen (secondary N) is 2. The first-order valence-corrected chi connectivity index (χ1v) is 9.77. The second kappa shape index (κ2) is 11.2. The number of rotatable bonds is 7. The third-order valence-electron chi connectivity index (χ3n) is 5.00. The molecule has 1 unspecified atom stereocenters. The predicted molar refractivity (Wildman–Crippen MR) is 126 cm³/mol. The number of methoxy groups -OCH3 is 3. The van der Waals surface area contributed by atoms with Gasteiger partial charge >= 0.3 is 0 Å². The van der Waals surface area contributed by atoms with Crippen LogP contribution in [0.3, 0.4) is 0 Å². The highest BCUT2D eigenvalue weighted by atomic mass is 127. The summed E-state index contributed by atoms with van der Waals surface area (Å²) in [6.45, 7) is 3.50. The Labute approximate surface area is 194 Å². The zero-order valence-electron chi connectivity index (χ0n) is 18.2. The molecule has 0 saturated heterocycles. The first-order chi connectivity index (χ1) is 14.1. The van der Waals surface area contributed by atoms with Gasteiger partial charge in [0.1, 0.15) is 28.9 Å². The van der Waals surface area contributed by atoms with Gasteiger partial charge in [0.05, 0.1) is 27.4 Å². The number of benzene rings is 1. The van der Waals surface area contributed by atoms with Gasteiger partial charge in [-0.05, 0) is 26.2 Å². The summed E-state index contributed by atoms with van der Waals surface area (Å²) in [5, 5.41) is 11.3. The zero-order valence-corrected chi connectivity index (χ0v) is 20.5. The fourth-order valence-corrected chi connectivity index (χ4v) is 3.59. The van der Waals surface area contributed by atoms with Crippen LogP contribution in [0, 0.1) is 6.92 Å². The molecule has 9 nitrogen and oxygen atoms in total. The van der Waals surface area contributed by atoms with Gasteiger partial charge in [0.15, 0.2) is 5.96 Å². The van der Waals surface area contributed by atoms with E-state index in [0.29, 0.717) is 18.7 Å². The van der Waals surface area contributed by atoms with E-state index in [9.17, 15) is 0 Å². The fraction of sp³-hybridized carbons (Fsp3) is 0.550. The van der Waals surface area contributed by atoms with Crippen molar-refractivity contribution in [2.24, 2.45) is 4.99 Å². The molecular formula is C20H31IN6O3. The van der Waals surface area contributed by atoms with Crippen LogP contribution in [0.2, 0.25) is 0 Å². The summed E-state index contributed by atoms with van der Waals surface area (Å²) in [4.78, 5) is 8.93. The molecule has 0 fully saturated rings. The minimum absolute atomic E-state index is 0. The quantitative estimate of drug-likeness (QED) is 0.323. The lowest BCUT2D eigenvalue weighted by atomic mass is 10.1. The first-order valence-electron chi connectivity index (χ1n) is 9.77. The van der Waals surface area contributed by atoms with Gasteiger partial charge in [-0.25, -0.2) is 9.67 Å². The summed E-state index contributed by atoms with van der Waals surface area (Å²) >= 11 is 0. The highest BCUT2D eigenvalue weighted by molar-refractivity contribution is 14.0. The van der Waals surface area contributed by atoms with E-state index >= 15 is 0 Å². The van der Waals surface area contributed by atoms with Gasteiger partial charge in [-0.1, -0.05) is 0 Å². The molecule has 1 aliphatic heterocycles. The third kappa shape index (κ3) is 5.46. The van der Waals surface area contributed by atoms with E-state index in [1.165, 1.54) is 0 Å². The Morgan fingerprint density at radius 3 is 2.50 bits per heavy atom. The van der Waals surface area contributed by atoms with Crippen LogP contribution in [0.25, 0.3) is 0 Å². The lowest BCUT2D eigenvalue weighted by molar-refractivity contribution is 0.368. The molecule has 3 rings (SSSR count). The van der Waals surface area contributed by atoms with Crippen LogP contribution in [0.5, 0.6) is 17.2 Å². The molecule has 0 radical (unpaired) electrons. The second-order valence-corrected chi connectivity index (χ2v) is 6.84. The standard InChI is InChI=1S/C20H30N6O3.HI/c1-13-23-19-16(7-6-10-26(19)25-13)24-20(21-2)22-9-8-15-17(28-4)11-14(27-3)12-18(15)29-5;/h11-12,16H,6-10H2,1-5H3,(H2,21,22,24);1H. The summed E-state index contributed by atoms with van der Waals surface area (Å²) in [5.74, 6) is 4.68. The van der Waals surface area contributed by atoms with E-state index in [4.69, 9.17) is 14.2 Å². The van der Waals surface area contributed by atoms with Crippen molar-refractivity contribution in [2.45, 2.75) is 38.8 Å². The molecule has 2 N–H and O–H groups in total. The number of aryl methyl sites for hydroxylation is 2. The summed E-state index contributed by atoms with van der Waals surface area (Å²) in [6.07, 6.45) is 2.76. The Kier molecular flexibility index (Phi) is 9.00. The topological polar surface area (TPSA) is 94.8 Å². The number of hydrogen-bond donors (Lipinski definition) is 2. The fourth-order valence-electron chi connectivity index (χ4n) is 3.59. The number of aromatic nitrogens is 3. The van der Waals surface area contributed by atoms with Crippen LogP contribution in [0.1, 0.15) is 36.1 Å². The van der Waals surface area contributed by atoms with E-state index in [1.807, 2.05) is 23.7 Å². The van der Waals surface area contributed by atoms with Crippen molar-refractivity contribution in [2.75, 3.05) is 34.9 Å². The zero-order chi connectivity index (χ0) is 20.8. The summed E-state index contributed by atoms with van der Waals surface area (Å²) in [6, 6.07) is 3.82. The molecule has 0 bridgehead atoms. The van der Waals surface area contributed by atoms with Crippen LogP contribution in [-0.4, -0.2) is 55.6 Å². The molecule has 10 heteroatoms. The molecule has 2 aromatic rings. The maximum absolute atomic E-state index is 5.53. The summed E-state index contributed by atoms with van der Waals surface area (Å²) < 4.78 is 18.3. The monoisotopic (exact) mass is 530 g/mol. The second-order valence-electron chi connectivity index (χ2n) is 6.84. The van der Waals surface area contributed by atoms with E-state index in [0.717, 1.165) is 54.1 Å². The van der Waals surface area contributed by atoms with Crippen molar-refractivity contribution in [1.29, 1.82) is 0 Å². The number of nitrogens with zero attached hydrogens (tertiary/aromatic N) is 4. The van der Waals surface area contributed by atoms with Gasteiger partial charge < -0.3 is 24.8 Å². The molecular weight excluding hydrogens is 499 g/mol. The van der Waals surface area contributed by atoms with E-state index < -0.39 is 0 Å². The lowest BCUT2D eigenvalue weighted by Crippen LogP contribution is -2.42. The van der Waals surface area contributed by atoms with Crippen molar-refractivity contribution in [3.05, 3.63) is 29.3 Å². The molecule has 0 amide bonds. The van der Waals surface area contributed by atoms with Crippen molar-refractivity contribution in [1.82, 2.24) is 25.4 Å². The summed E-state index contributed by atoms with van der Waals surface area (Å²) in [7, 11) is 6.68. The van der Waals surface area contributed by atoms with Gasteiger partial charge in [-0.3, -0.25) is 4.99 Å². The SMILES string of the molecule is CN=C(NCCc1c(OC)cc(OC)cc1OC)NC1CCCn2nc(C)nc21.I. The van der Waals surface area contributed by atoms with Crippen LogP contribution in [0.4, 0.5) is 0 Å². The summed E-state index contributed by atoms with van der Waals surface area (Å²) in [5.41, 5.74) is 0.979. The molecule has 1 aliphatic rings. The predicted octanol–water partition coefficient (Wildman–Crippen LogP) is 2.47. The molecule has 1 atom stereocenters.